The Hall–Kier alpha value is -0.120. The van der Waals surface area contributed by atoms with E-state index in [1.165, 1.54) is 32.1 Å². The van der Waals surface area contributed by atoms with Crippen molar-refractivity contribution in [3.05, 3.63) is 0 Å². The lowest BCUT2D eigenvalue weighted by molar-refractivity contribution is -0.174. The van der Waals surface area contributed by atoms with Gasteiger partial charge in [0, 0.05) is 13.7 Å². The molecule has 0 bridgehead atoms. The summed E-state index contributed by atoms with van der Waals surface area (Å²) in [7, 11) is 1.82. The van der Waals surface area contributed by atoms with Crippen LogP contribution in [0.25, 0.3) is 0 Å². The van der Waals surface area contributed by atoms with Crippen LogP contribution in [0.5, 0.6) is 0 Å². The molecular formula is C14H26O3. The van der Waals surface area contributed by atoms with E-state index in [9.17, 15) is 0 Å². The molecule has 3 heteroatoms. The Kier molecular flexibility index (Phi) is 5.26. The molecule has 4 unspecified atom stereocenters. The first-order valence-electron chi connectivity index (χ1n) is 7.05. The molecule has 4 atom stereocenters. The van der Waals surface area contributed by atoms with Crippen LogP contribution in [0.3, 0.4) is 0 Å². The van der Waals surface area contributed by atoms with Gasteiger partial charge in [-0.15, -0.1) is 0 Å². The van der Waals surface area contributed by atoms with E-state index in [1.807, 2.05) is 7.11 Å². The lowest BCUT2D eigenvalue weighted by Gasteiger charge is -2.34. The molecule has 100 valence electrons. The van der Waals surface area contributed by atoms with Crippen molar-refractivity contribution in [3.63, 3.8) is 0 Å². The minimum Gasteiger partial charge on any atom is -0.381 e. The van der Waals surface area contributed by atoms with Gasteiger partial charge in [0.25, 0.3) is 0 Å². The van der Waals surface area contributed by atoms with Gasteiger partial charge in [0.1, 0.15) is 0 Å². The Morgan fingerprint density at radius 1 is 1.18 bits per heavy atom. The maximum absolute atomic E-state index is 5.90. The van der Waals surface area contributed by atoms with Gasteiger partial charge in [-0.2, -0.15) is 0 Å². The van der Waals surface area contributed by atoms with E-state index in [2.05, 4.69) is 6.92 Å². The van der Waals surface area contributed by atoms with Crippen molar-refractivity contribution in [2.75, 3.05) is 20.3 Å². The van der Waals surface area contributed by atoms with Crippen LogP contribution in [0.2, 0.25) is 0 Å². The maximum atomic E-state index is 5.90. The summed E-state index contributed by atoms with van der Waals surface area (Å²) in [6.07, 6.45) is 7.62. The van der Waals surface area contributed by atoms with Gasteiger partial charge < -0.3 is 14.2 Å². The van der Waals surface area contributed by atoms with Crippen LogP contribution in [0.4, 0.5) is 0 Å². The summed E-state index contributed by atoms with van der Waals surface area (Å²) in [5.74, 6) is 1.39. The zero-order chi connectivity index (χ0) is 12.1. The van der Waals surface area contributed by atoms with Crippen LogP contribution >= 0.6 is 0 Å². The molecule has 0 aromatic rings. The molecule has 17 heavy (non-hydrogen) atoms. The molecule has 0 aromatic heterocycles. The third kappa shape index (κ3) is 3.94. The molecule has 1 saturated heterocycles. The van der Waals surface area contributed by atoms with Crippen molar-refractivity contribution in [3.8, 4) is 0 Å². The molecule has 0 aromatic carbocycles. The van der Waals surface area contributed by atoms with Gasteiger partial charge in [0.2, 0.25) is 0 Å². The zero-order valence-corrected chi connectivity index (χ0v) is 11.2. The molecule has 1 saturated carbocycles. The lowest BCUT2D eigenvalue weighted by Crippen LogP contribution is -2.32. The highest BCUT2D eigenvalue weighted by Crippen LogP contribution is 2.32. The summed E-state index contributed by atoms with van der Waals surface area (Å²) in [4.78, 5) is 0. The molecule has 0 N–H and O–H groups in total. The molecule has 1 heterocycles. The van der Waals surface area contributed by atoms with Crippen molar-refractivity contribution in [1.82, 2.24) is 0 Å². The largest absolute Gasteiger partial charge is 0.381 e. The maximum Gasteiger partial charge on any atom is 0.157 e. The number of ether oxygens (including phenoxy) is 3. The van der Waals surface area contributed by atoms with E-state index in [0.717, 1.165) is 19.6 Å². The van der Waals surface area contributed by atoms with E-state index < -0.39 is 0 Å². The van der Waals surface area contributed by atoms with Gasteiger partial charge in [-0.1, -0.05) is 6.92 Å². The predicted molar refractivity (Wildman–Crippen MR) is 66.8 cm³/mol. The summed E-state index contributed by atoms with van der Waals surface area (Å²) in [5, 5.41) is 0. The SMILES string of the molecule is COC1CCC(COC2CCCCO2)C(C)C1. The Labute approximate surface area is 105 Å². The lowest BCUT2D eigenvalue weighted by atomic mass is 9.79. The Bertz CT molecular complexity index is 214. The summed E-state index contributed by atoms with van der Waals surface area (Å²) in [6.45, 7) is 4.06. The van der Waals surface area contributed by atoms with Crippen molar-refractivity contribution in [2.24, 2.45) is 11.8 Å². The first-order chi connectivity index (χ1) is 8.29. The van der Waals surface area contributed by atoms with E-state index >= 15 is 0 Å². The van der Waals surface area contributed by atoms with E-state index in [4.69, 9.17) is 14.2 Å². The second kappa shape index (κ2) is 6.72. The molecule has 2 aliphatic rings. The molecule has 0 spiro atoms. The van der Waals surface area contributed by atoms with Crippen LogP contribution in [-0.4, -0.2) is 32.7 Å². The van der Waals surface area contributed by atoms with Crippen LogP contribution in [-0.2, 0) is 14.2 Å². The number of methoxy groups -OCH3 is 1. The molecular weight excluding hydrogens is 216 g/mol. The Balaban J connectivity index is 1.68. The van der Waals surface area contributed by atoms with Gasteiger partial charge in [-0.05, 0) is 50.4 Å². The number of hydrogen-bond acceptors (Lipinski definition) is 3. The fourth-order valence-electron chi connectivity index (χ4n) is 2.94. The van der Waals surface area contributed by atoms with Gasteiger partial charge in [0.15, 0.2) is 6.29 Å². The summed E-state index contributed by atoms with van der Waals surface area (Å²) >= 11 is 0. The molecule has 0 radical (unpaired) electrons. The second-order valence-electron chi connectivity index (χ2n) is 5.54. The zero-order valence-electron chi connectivity index (χ0n) is 11.2. The third-order valence-corrected chi connectivity index (χ3v) is 4.27. The van der Waals surface area contributed by atoms with E-state index in [1.54, 1.807) is 0 Å². The molecule has 2 rings (SSSR count). The minimum atomic E-state index is 0.0658. The number of rotatable bonds is 4. The van der Waals surface area contributed by atoms with Gasteiger partial charge >= 0.3 is 0 Å². The summed E-state index contributed by atoms with van der Waals surface area (Å²) in [5.41, 5.74) is 0. The average molecular weight is 242 g/mol. The normalized spacial score (nSPS) is 39.2. The van der Waals surface area contributed by atoms with E-state index in [0.29, 0.717) is 17.9 Å². The van der Waals surface area contributed by atoms with Crippen molar-refractivity contribution in [2.45, 2.75) is 57.8 Å². The molecule has 2 fully saturated rings. The van der Waals surface area contributed by atoms with Gasteiger partial charge in [-0.3, -0.25) is 0 Å². The smallest absolute Gasteiger partial charge is 0.157 e. The molecule has 0 amide bonds. The van der Waals surface area contributed by atoms with Crippen molar-refractivity contribution < 1.29 is 14.2 Å². The highest BCUT2D eigenvalue weighted by molar-refractivity contribution is 4.78. The number of hydrogen-bond donors (Lipinski definition) is 0. The van der Waals surface area contributed by atoms with Crippen LogP contribution in [0.15, 0.2) is 0 Å². The quantitative estimate of drug-likeness (QED) is 0.758. The van der Waals surface area contributed by atoms with Crippen LogP contribution < -0.4 is 0 Å². The highest BCUT2D eigenvalue weighted by Gasteiger charge is 2.28. The average Bonchev–Trinajstić information content (AvgIpc) is 2.38. The summed E-state index contributed by atoms with van der Waals surface area (Å²) < 4.78 is 16.9. The van der Waals surface area contributed by atoms with Gasteiger partial charge in [-0.25, -0.2) is 0 Å². The van der Waals surface area contributed by atoms with Crippen molar-refractivity contribution in [1.29, 1.82) is 0 Å². The fraction of sp³-hybridized carbons (Fsp3) is 1.00. The van der Waals surface area contributed by atoms with E-state index in [-0.39, 0.29) is 6.29 Å². The predicted octanol–water partition coefficient (Wildman–Crippen LogP) is 2.98. The Morgan fingerprint density at radius 3 is 2.71 bits per heavy atom. The molecule has 1 aliphatic heterocycles. The van der Waals surface area contributed by atoms with Crippen LogP contribution in [0, 0.1) is 11.8 Å². The first kappa shape index (κ1) is 13.3. The Morgan fingerprint density at radius 2 is 2.06 bits per heavy atom. The first-order valence-corrected chi connectivity index (χ1v) is 7.05. The standard InChI is InChI=1S/C14H26O3/c1-11-9-13(15-2)7-6-12(11)10-17-14-5-3-4-8-16-14/h11-14H,3-10H2,1-2H3. The second-order valence-corrected chi connectivity index (χ2v) is 5.54. The topological polar surface area (TPSA) is 27.7 Å². The molecule has 3 nitrogen and oxygen atoms in total. The fourth-order valence-corrected chi connectivity index (χ4v) is 2.94. The van der Waals surface area contributed by atoms with Crippen LogP contribution in [0.1, 0.15) is 45.4 Å². The summed E-state index contributed by atoms with van der Waals surface area (Å²) in [6, 6.07) is 0. The monoisotopic (exact) mass is 242 g/mol. The highest BCUT2D eigenvalue weighted by atomic mass is 16.7. The van der Waals surface area contributed by atoms with Crippen molar-refractivity contribution >= 4 is 0 Å². The van der Waals surface area contributed by atoms with Gasteiger partial charge in [0.05, 0.1) is 12.7 Å². The third-order valence-electron chi connectivity index (χ3n) is 4.27. The minimum absolute atomic E-state index is 0.0658. The molecule has 1 aliphatic carbocycles.